The molecule has 0 saturated heterocycles. The minimum atomic E-state index is -0.921. The molecule has 0 spiro atoms. The number of fused-ring (bicyclic) bond motifs is 2. The van der Waals surface area contributed by atoms with Gasteiger partial charge in [0.1, 0.15) is 6.04 Å². The number of carbonyl (C=O) groups is 2. The maximum Gasteiger partial charge on any atom is 0.326 e. The van der Waals surface area contributed by atoms with Gasteiger partial charge in [0.05, 0.1) is 0 Å². The van der Waals surface area contributed by atoms with Gasteiger partial charge in [0.15, 0.2) is 0 Å². The molecule has 0 aliphatic heterocycles. The number of amides is 1. The van der Waals surface area contributed by atoms with Gasteiger partial charge >= 0.3 is 5.97 Å². The van der Waals surface area contributed by atoms with Crippen LogP contribution >= 0.6 is 0 Å². The van der Waals surface area contributed by atoms with Crippen LogP contribution in [0.5, 0.6) is 0 Å². The lowest BCUT2D eigenvalue weighted by molar-refractivity contribution is -0.143. The van der Waals surface area contributed by atoms with E-state index >= 15 is 0 Å². The van der Waals surface area contributed by atoms with Crippen LogP contribution in [0.15, 0.2) is 0 Å². The van der Waals surface area contributed by atoms with Crippen LogP contribution in [-0.4, -0.2) is 23.0 Å². The molecule has 0 heterocycles. The Morgan fingerprint density at radius 3 is 2.53 bits per heavy atom. The molecular formula is C15H25NO3. The van der Waals surface area contributed by atoms with E-state index < -0.39 is 12.0 Å². The Labute approximate surface area is 115 Å². The van der Waals surface area contributed by atoms with E-state index in [2.05, 4.69) is 5.32 Å². The first-order valence-corrected chi connectivity index (χ1v) is 7.53. The van der Waals surface area contributed by atoms with Crippen molar-refractivity contribution >= 4 is 11.9 Å². The summed E-state index contributed by atoms with van der Waals surface area (Å²) in [5.74, 6) is 1.00. The molecule has 2 bridgehead atoms. The Kier molecular flexibility index (Phi) is 4.48. The molecule has 5 atom stereocenters. The summed E-state index contributed by atoms with van der Waals surface area (Å²) in [5, 5.41) is 11.9. The van der Waals surface area contributed by atoms with Crippen molar-refractivity contribution in [2.75, 3.05) is 0 Å². The van der Waals surface area contributed by atoms with E-state index in [1.807, 2.05) is 13.8 Å². The van der Waals surface area contributed by atoms with E-state index in [9.17, 15) is 14.7 Å². The van der Waals surface area contributed by atoms with Gasteiger partial charge in [-0.3, -0.25) is 4.79 Å². The zero-order chi connectivity index (χ0) is 14.0. The molecule has 4 unspecified atom stereocenters. The second kappa shape index (κ2) is 5.93. The molecule has 2 N–H and O–H groups in total. The number of carboxylic acid groups (broad SMARTS) is 1. The Balaban J connectivity index is 1.84. The predicted octanol–water partition coefficient (Wildman–Crippen LogP) is 2.43. The van der Waals surface area contributed by atoms with Gasteiger partial charge in [0.2, 0.25) is 5.91 Å². The quantitative estimate of drug-likeness (QED) is 0.776. The number of nitrogens with one attached hydrogen (secondary N) is 1. The van der Waals surface area contributed by atoms with Gasteiger partial charge in [-0.1, -0.05) is 26.7 Å². The molecule has 2 rings (SSSR count). The Morgan fingerprint density at radius 2 is 2.05 bits per heavy atom. The van der Waals surface area contributed by atoms with Crippen molar-refractivity contribution in [1.82, 2.24) is 5.32 Å². The van der Waals surface area contributed by atoms with Gasteiger partial charge < -0.3 is 10.4 Å². The first-order chi connectivity index (χ1) is 9.01. The normalized spacial score (nSPS) is 32.0. The van der Waals surface area contributed by atoms with E-state index in [1.54, 1.807) is 0 Å². The van der Waals surface area contributed by atoms with Crippen molar-refractivity contribution < 1.29 is 14.7 Å². The van der Waals surface area contributed by atoms with Crippen LogP contribution in [0.3, 0.4) is 0 Å². The fourth-order valence-corrected chi connectivity index (χ4v) is 3.78. The highest BCUT2D eigenvalue weighted by molar-refractivity contribution is 5.83. The molecule has 0 aromatic rings. The average molecular weight is 267 g/mol. The summed E-state index contributed by atoms with van der Waals surface area (Å²) in [7, 11) is 0. The zero-order valence-electron chi connectivity index (χ0n) is 11.9. The molecule has 2 saturated carbocycles. The molecule has 2 fully saturated rings. The summed E-state index contributed by atoms with van der Waals surface area (Å²) >= 11 is 0. The Hall–Kier alpha value is -1.06. The van der Waals surface area contributed by atoms with Gasteiger partial charge in [-0.25, -0.2) is 4.79 Å². The molecule has 1 amide bonds. The second-order valence-electron chi connectivity index (χ2n) is 6.41. The number of hydrogen-bond donors (Lipinski definition) is 2. The molecular weight excluding hydrogens is 242 g/mol. The highest BCUT2D eigenvalue weighted by Gasteiger charge is 2.40. The van der Waals surface area contributed by atoms with E-state index in [4.69, 9.17) is 0 Å². The van der Waals surface area contributed by atoms with Crippen LogP contribution in [0, 0.1) is 23.7 Å². The molecule has 0 radical (unpaired) electrons. The van der Waals surface area contributed by atoms with Crippen molar-refractivity contribution in [2.24, 2.45) is 23.7 Å². The van der Waals surface area contributed by atoms with E-state index in [0.29, 0.717) is 18.3 Å². The Morgan fingerprint density at radius 1 is 1.32 bits per heavy atom. The molecule has 19 heavy (non-hydrogen) atoms. The van der Waals surface area contributed by atoms with Gasteiger partial charge in [-0.2, -0.15) is 0 Å². The summed E-state index contributed by atoms with van der Waals surface area (Å²) in [6, 6.07) is -0.740. The first kappa shape index (κ1) is 14.4. The summed E-state index contributed by atoms with van der Waals surface area (Å²) in [6.45, 7) is 3.82. The van der Waals surface area contributed by atoms with E-state index in [0.717, 1.165) is 12.3 Å². The van der Waals surface area contributed by atoms with Crippen molar-refractivity contribution in [3.8, 4) is 0 Å². The molecule has 4 nitrogen and oxygen atoms in total. The largest absolute Gasteiger partial charge is 0.480 e. The third-order valence-electron chi connectivity index (χ3n) is 5.13. The van der Waals surface area contributed by atoms with Crippen LogP contribution in [0.4, 0.5) is 0 Å². The maximum absolute atomic E-state index is 12.0. The second-order valence-corrected chi connectivity index (χ2v) is 6.41. The third kappa shape index (κ3) is 3.28. The van der Waals surface area contributed by atoms with E-state index in [-0.39, 0.29) is 11.8 Å². The van der Waals surface area contributed by atoms with Crippen molar-refractivity contribution in [3.05, 3.63) is 0 Å². The highest BCUT2D eigenvalue weighted by atomic mass is 16.4. The van der Waals surface area contributed by atoms with Crippen LogP contribution in [0.1, 0.15) is 52.4 Å². The van der Waals surface area contributed by atoms with Crippen LogP contribution in [-0.2, 0) is 9.59 Å². The summed E-state index contributed by atoms with van der Waals surface area (Å²) in [5.41, 5.74) is 0. The van der Waals surface area contributed by atoms with Crippen LogP contribution in [0.25, 0.3) is 0 Å². The van der Waals surface area contributed by atoms with Gasteiger partial charge in [-0.15, -0.1) is 0 Å². The lowest BCUT2D eigenvalue weighted by Crippen LogP contribution is -2.45. The number of aliphatic carboxylic acids is 1. The molecule has 2 aliphatic carbocycles. The summed E-state index contributed by atoms with van der Waals surface area (Å²) in [4.78, 5) is 23.2. The van der Waals surface area contributed by atoms with Crippen LogP contribution in [0.2, 0.25) is 0 Å². The summed E-state index contributed by atoms with van der Waals surface area (Å²) < 4.78 is 0. The van der Waals surface area contributed by atoms with Crippen molar-refractivity contribution in [1.29, 1.82) is 0 Å². The monoisotopic (exact) mass is 267 g/mol. The van der Waals surface area contributed by atoms with Crippen LogP contribution < -0.4 is 5.32 Å². The average Bonchev–Trinajstić information content (AvgIpc) is 2.96. The van der Waals surface area contributed by atoms with Gasteiger partial charge in [0.25, 0.3) is 0 Å². The molecule has 108 valence electrons. The molecule has 0 aromatic heterocycles. The lowest BCUT2D eigenvalue weighted by Gasteiger charge is -2.24. The predicted molar refractivity (Wildman–Crippen MR) is 72.6 cm³/mol. The zero-order valence-corrected chi connectivity index (χ0v) is 11.9. The van der Waals surface area contributed by atoms with Crippen molar-refractivity contribution in [2.45, 2.75) is 58.4 Å². The number of rotatable bonds is 6. The van der Waals surface area contributed by atoms with E-state index in [1.165, 1.54) is 25.7 Å². The number of carbonyl (C=O) groups excluding carboxylic acids is 1. The fourth-order valence-electron chi connectivity index (χ4n) is 3.78. The molecule has 4 heteroatoms. The van der Waals surface area contributed by atoms with Crippen molar-refractivity contribution in [3.63, 3.8) is 0 Å². The third-order valence-corrected chi connectivity index (χ3v) is 5.13. The number of carboxylic acids is 1. The lowest BCUT2D eigenvalue weighted by atomic mass is 9.86. The SMILES string of the molecule is CCC(C)[C@H](NC(=O)CC1CC2CCC1C2)C(=O)O. The maximum atomic E-state index is 12.0. The minimum Gasteiger partial charge on any atom is -0.480 e. The fraction of sp³-hybridized carbons (Fsp3) is 0.867. The highest BCUT2D eigenvalue weighted by Crippen LogP contribution is 2.49. The topological polar surface area (TPSA) is 66.4 Å². The molecule has 2 aliphatic rings. The number of hydrogen-bond acceptors (Lipinski definition) is 2. The Bertz CT molecular complexity index is 355. The first-order valence-electron chi connectivity index (χ1n) is 7.53. The smallest absolute Gasteiger partial charge is 0.326 e. The minimum absolute atomic E-state index is 0.0264. The standard InChI is InChI=1S/C15H25NO3/c1-3-9(2)14(15(18)19)16-13(17)8-12-7-10-4-5-11(12)6-10/h9-12,14H,3-8H2,1-2H3,(H,16,17)(H,18,19)/t9?,10?,11?,12?,14-/m0/s1. The summed E-state index contributed by atoms with van der Waals surface area (Å²) in [6.07, 6.45) is 6.31. The molecule has 0 aromatic carbocycles. The van der Waals surface area contributed by atoms with Gasteiger partial charge in [-0.05, 0) is 42.9 Å². The van der Waals surface area contributed by atoms with Gasteiger partial charge in [0, 0.05) is 6.42 Å².